The lowest BCUT2D eigenvalue weighted by molar-refractivity contribution is -0.116. The van der Waals surface area contributed by atoms with Gasteiger partial charge in [0.15, 0.2) is 5.13 Å². The molecule has 0 aliphatic rings. The van der Waals surface area contributed by atoms with Crippen LogP contribution in [0.5, 0.6) is 5.75 Å². The molecule has 0 unspecified atom stereocenters. The molecule has 0 fully saturated rings. The smallest absolute Gasteiger partial charge is 0.239 e. The number of hydrogen-bond donors (Lipinski definition) is 0. The molecule has 4 aromatic rings. The Bertz CT molecular complexity index is 1120. The third-order valence-electron chi connectivity index (χ3n) is 4.43. The van der Waals surface area contributed by atoms with E-state index in [2.05, 4.69) is 12.1 Å². The highest BCUT2D eigenvalue weighted by Crippen LogP contribution is 2.33. The Morgan fingerprint density at radius 3 is 2.67 bits per heavy atom. The van der Waals surface area contributed by atoms with Crippen LogP contribution in [-0.2, 0) is 11.3 Å². The predicted octanol–water partition coefficient (Wildman–Crippen LogP) is 5.95. The summed E-state index contributed by atoms with van der Waals surface area (Å²) in [5.74, 6) is 1.81. The van der Waals surface area contributed by atoms with E-state index in [1.54, 1.807) is 30.0 Å². The third-order valence-corrected chi connectivity index (χ3v) is 7.20. The molecule has 0 radical (unpaired) electrons. The summed E-state index contributed by atoms with van der Waals surface area (Å²) in [5.41, 5.74) is 0.896. The molecule has 1 amide bonds. The molecule has 0 saturated heterocycles. The molecule has 30 heavy (non-hydrogen) atoms. The second-order valence-corrected chi connectivity index (χ2v) is 9.29. The summed E-state index contributed by atoms with van der Waals surface area (Å²) in [7, 11) is 1.64. The molecule has 2 heterocycles. The van der Waals surface area contributed by atoms with Gasteiger partial charge in [-0.1, -0.05) is 11.3 Å². The molecule has 0 aliphatic heterocycles. The Labute approximate surface area is 187 Å². The number of carbonyl (C=O) groups is 1. The molecular formula is C22H20N2O3S3. The minimum atomic E-state index is -0.0173. The highest BCUT2D eigenvalue weighted by Gasteiger charge is 2.21. The fourth-order valence-electron chi connectivity index (χ4n) is 2.85. The zero-order valence-electron chi connectivity index (χ0n) is 16.5. The number of benzene rings is 2. The molecule has 0 saturated carbocycles. The van der Waals surface area contributed by atoms with E-state index >= 15 is 0 Å². The van der Waals surface area contributed by atoms with Crippen LogP contribution in [0, 0.1) is 0 Å². The van der Waals surface area contributed by atoms with E-state index in [9.17, 15) is 4.79 Å². The van der Waals surface area contributed by atoms with Crippen LogP contribution in [0.1, 0.15) is 5.76 Å². The Kier molecular flexibility index (Phi) is 6.66. The van der Waals surface area contributed by atoms with Crippen molar-refractivity contribution in [2.75, 3.05) is 24.0 Å². The van der Waals surface area contributed by atoms with Crippen LogP contribution < -0.4 is 9.64 Å². The molecule has 4 rings (SSSR count). The molecule has 0 aliphatic carbocycles. The molecule has 5 nitrogen and oxygen atoms in total. The van der Waals surface area contributed by atoms with Crippen LogP contribution in [0.2, 0.25) is 0 Å². The number of thioether (sulfide) groups is 2. The lowest BCUT2D eigenvalue weighted by Gasteiger charge is -2.18. The largest absolute Gasteiger partial charge is 0.497 e. The van der Waals surface area contributed by atoms with Gasteiger partial charge >= 0.3 is 0 Å². The number of amides is 1. The summed E-state index contributed by atoms with van der Waals surface area (Å²) in [6.07, 6.45) is 3.67. The summed E-state index contributed by atoms with van der Waals surface area (Å²) in [5, 5.41) is 0.681. The monoisotopic (exact) mass is 456 g/mol. The van der Waals surface area contributed by atoms with Gasteiger partial charge in [-0.2, -0.15) is 0 Å². The topological polar surface area (TPSA) is 55.6 Å². The van der Waals surface area contributed by atoms with E-state index < -0.39 is 0 Å². The molecule has 2 aromatic carbocycles. The lowest BCUT2D eigenvalue weighted by atomic mass is 10.3. The Morgan fingerprint density at radius 1 is 1.17 bits per heavy atom. The molecule has 8 heteroatoms. The SMILES string of the molecule is COc1ccc(SCC(=O)N(Cc2ccco2)c2nc3ccc(SC)cc3s2)cc1. The number of thiazole rings is 1. The van der Waals surface area contributed by atoms with Gasteiger partial charge in [-0.05, 0) is 60.9 Å². The minimum Gasteiger partial charge on any atom is -0.497 e. The normalized spacial score (nSPS) is 11.0. The van der Waals surface area contributed by atoms with Crippen LogP contribution in [0.15, 0.2) is 75.1 Å². The molecule has 0 N–H and O–H groups in total. The van der Waals surface area contributed by atoms with E-state index in [-0.39, 0.29) is 5.91 Å². The number of methoxy groups -OCH3 is 1. The number of aromatic nitrogens is 1. The van der Waals surface area contributed by atoms with Gasteiger partial charge in [-0.25, -0.2) is 4.98 Å². The second-order valence-electron chi connectivity index (χ2n) is 6.35. The quantitative estimate of drug-likeness (QED) is 0.306. The number of fused-ring (bicyclic) bond motifs is 1. The fourth-order valence-corrected chi connectivity index (χ4v) is 5.16. The van der Waals surface area contributed by atoms with Gasteiger partial charge < -0.3 is 9.15 Å². The number of anilines is 1. The van der Waals surface area contributed by atoms with Crippen molar-refractivity contribution in [1.82, 2.24) is 4.98 Å². The maximum absolute atomic E-state index is 13.2. The molecular weight excluding hydrogens is 436 g/mol. The van der Waals surface area contributed by atoms with E-state index in [1.807, 2.05) is 48.7 Å². The summed E-state index contributed by atoms with van der Waals surface area (Å²) in [4.78, 5) is 21.8. The summed E-state index contributed by atoms with van der Waals surface area (Å²) < 4.78 is 11.8. The average molecular weight is 457 g/mol. The number of rotatable bonds is 8. The van der Waals surface area contributed by atoms with Crippen molar-refractivity contribution in [3.63, 3.8) is 0 Å². The van der Waals surface area contributed by atoms with Crippen LogP contribution >= 0.6 is 34.9 Å². The van der Waals surface area contributed by atoms with Crippen molar-refractivity contribution >= 4 is 56.1 Å². The van der Waals surface area contributed by atoms with Gasteiger partial charge in [-0.15, -0.1) is 23.5 Å². The summed E-state index contributed by atoms with van der Waals surface area (Å²) in [6.45, 7) is 0.351. The van der Waals surface area contributed by atoms with E-state index in [0.717, 1.165) is 26.6 Å². The first-order valence-corrected chi connectivity index (χ1v) is 12.2. The van der Waals surface area contributed by atoms with Crippen molar-refractivity contribution in [3.8, 4) is 5.75 Å². The van der Waals surface area contributed by atoms with Crippen molar-refractivity contribution in [2.45, 2.75) is 16.3 Å². The standard InChI is InChI=1S/C22H20N2O3S3/c1-26-15-5-7-17(8-6-15)29-14-21(25)24(13-16-4-3-11-27-16)22-23-19-10-9-18(28-2)12-20(19)30-22/h3-12H,13-14H2,1-2H3. The predicted molar refractivity (Wildman–Crippen MR) is 125 cm³/mol. The zero-order chi connectivity index (χ0) is 20.9. The number of hydrogen-bond acceptors (Lipinski definition) is 7. The highest BCUT2D eigenvalue weighted by atomic mass is 32.2. The number of furan rings is 1. The average Bonchev–Trinajstić information content (AvgIpc) is 3.45. The Balaban J connectivity index is 1.56. The second kappa shape index (κ2) is 9.59. The van der Waals surface area contributed by atoms with Crippen molar-refractivity contribution < 1.29 is 13.9 Å². The van der Waals surface area contributed by atoms with Crippen molar-refractivity contribution in [3.05, 3.63) is 66.6 Å². The van der Waals surface area contributed by atoms with Gasteiger partial charge in [0.1, 0.15) is 11.5 Å². The maximum Gasteiger partial charge on any atom is 0.239 e. The van der Waals surface area contributed by atoms with Crippen molar-refractivity contribution in [1.29, 1.82) is 0 Å². The number of ether oxygens (including phenoxy) is 1. The van der Waals surface area contributed by atoms with Crippen LogP contribution in [0.3, 0.4) is 0 Å². The van der Waals surface area contributed by atoms with Crippen LogP contribution in [0.4, 0.5) is 5.13 Å². The lowest BCUT2D eigenvalue weighted by Crippen LogP contribution is -2.31. The Hall–Kier alpha value is -2.42. The maximum atomic E-state index is 13.2. The van der Waals surface area contributed by atoms with Gasteiger partial charge in [0.25, 0.3) is 0 Å². The first-order chi connectivity index (χ1) is 14.7. The van der Waals surface area contributed by atoms with Crippen LogP contribution in [-0.4, -0.2) is 30.0 Å². The van der Waals surface area contributed by atoms with Gasteiger partial charge in [0, 0.05) is 9.79 Å². The first-order valence-electron chi connectivity index (χ1n) is 9.20. The molecule has 0 spiro atoms. The fraction of sp³-hybridized carbons (Fsp3) is 0.182. The highest BCUT2D eigenvalue weighted by molar-refractivity contribution is 8.00. The number of carbonyl (C=O) groups excluding carboxylic acids is 1. The van der Waals surface area contributed by atoms with Gasteiger partial charge in [0.05, 0.1) is 35.9 Å². The molecule has 0 bridgehead atoms. The van der Waals surface area contributed by atoms with Gasteiger partial charge in [0.2, 0.25) is 5.91 Å². The summed E-state index contributed by atoms with van der Waals surface area (Å²) >= 11 is 4.71. The van der Waals surface area contributed by atoms with E-state index in [0.29, 0.717) is 17.4 Å². The number of nitrogens with zero attached hydrogens (tertiary/aromatic N) is 2. The molecule has 2 aromatic heterocycles. The molecule has 154 valence electrons. The third kappa shape index (κ3) is 4.83. The first kappa shape index (κ1) is 20.8. The van der Waals surface area contributed by atoms with E-state index in [1.165, 1.54) is 28.0 Å². The van der Waals surface area contributed by atoms with Gasteiger partial charge in [-0.3, -0.25) is 9.69 Å². The molecule has 0 atom stereocenters. The minimum absolute atomic E-state index is 0.0173. The summed E-state index contributed by atoms with van der Waals surface area (Å²) in [6, 6.07) is 17.6. The van der Waals surface area contributed by atoms with Crippen LogP contribution in [0.25, 0.3) is 10.2 Å². The Morgan fingerprint density at radius 2 is 1.97 bits per heavy atom. The van der Waals surface area contributed by atoms with Crippen molar-refractivity contribution in [2.24, 2.45) is 0 Å². The zero-order valence-corrected chi connectivity index (χ0v) is 19.0. The van der Waals surface area contributed by atoms with E-state index in [4.69, 9.17) is 14.1 Å².